The molecule has 3 aromatic rings. The first-order chi connectivity index (χ1) is 17.4. The number of carbonyl (C=O) groups is 1. The molecule has 0 spiro atoms. The molecule has 0 saturated heterocycles. The summed E-state index contributed by atoms with van der Waals surface area (Å²) in [5.74, 6) is 2.25. The highest BCUT2D eigenvalue weighted by atomic mass is 31.2. The molecule has 2 aromatic carbocycles. The number of nitrogens with zero attached hydrogens (tertiary/aromatic N) is 1. The van der Waals surface area contributed by atoms with Gasteiger partial charge in [-0.1, -0.05) is 36.4 Å². The molecule has 0 fully saturated rings. The Morgan fingerprint density at radius 3 is 2.47 bits per heavy atom. The number of benzene rings is 2. The van der Waals surface area contributed by atoms with Crippen molar-refractivity contribution in [2.45, 2.75) is 32.9 Å². The van der Waals surface area contributed by atoms with Crippen molar-refractivity contribution in [1.29, 1.82) is 0 Å². The molecule has 2 N–H and O–H groups in total. The highest BCUT2D eigenvalue weighted by molar-refractivity contribution is 7.56. The molecule has 0 saturated carbocycles. The van der Waals surface area contributed by atoms with Crippen molar-refractivity contribution < 1.29 is 28.3 Å². The smallest absolute Gasteiger partial charge is 0.351 e. The molecule has 1 aromatic heterocycles. The fourth-order valence-electron chi connectivity index (χ4n) is 3.37. The normalized spacial score (nSPS) is 13.6. The Kier molecular flexibility index (Phi) is 10.2. The molecule has 0 aliphatic carbocycles. The van der Waals surface area contributed by atoms with Gasteiger partial charge in [-0.25, -0.2) is 0 Å². The van der Waals surface area contributed by atoms with E-state index in [2.05, 4.69) is 10.3 Å². The number of nitrogens with one attached hydrogen (secondary N) is 1. The van der Waals surface area contributed by atoms with Gasteiger partial charge in [-0.05, 0) is 56.2 Å². The third-order valence-electron chi connectivity index (χ3n) is 5.04. The van der Waals surface area contributed by atoms with Gasteiger partial charge in [0.1, 0.15) is 18.1 Å². The van der Waals surface area contributed by atoms with Crippen molar-refractivity contribution in [3.8, 4) is 11.5 Å². The summed E-state index contributed by atoms with van der Waals surface area (Å²) < 4.78 is 28.4. The van der Waals surface area contributed by atoms with Crippen molar-refractivity contribution in [1.82, 2.24) is 10.3 Å². The van der Waals surface area contributed by atoms with Crippen LogP contribution in [0.25, 0.3) is 0 Å². The number of aromatic nitrogens is 1. The van der Waals surface area contributed by atoms with E-state index in [0.717, 1.165) is 22.8 Å². The first-order valence-electron chi connectivity index (χ1n) is 11.7. The number of carbonyl (C=O) groups excluding carboxylic acids is 1. The molecule has 1 unspecified atom stereocenters. The Balaban J connectivity index is 1.66. The Labute approximate surface area is 211 Å². The summed E-state index contributed by atoms with van der Waals surface area (Å²) in [6, 6.07) is 19.3. The zero-order chi connectivity index (χ0) is 25.8. The second kappa shape index (κ2) is 13.6. The van der Waals surface area contributed by atoms with E-state index in [0.29, 0.717) is 30.9 Å². The van der Waals surface area contributed by atoms with Crippen molar-refractivity contribution in [2.75, 3.05) is 13.2 Å². The van der Waals surface area contributed by atoms with E-state index in [1.54, 1.807) is 43.5 Å². The molecule has 1 amide bonds. The standard InChI is InChI=1S/C27H31N2O6P/c1-3-33-26-14-16-28-24(19-26)20-34-25-12-10-21(11-13-25)18-23(15-17-36(31,32)35-4-2)29-27(30)22-8-6-5-7-9-22/h5-17,19,23H,3-4,18,20H2,1-2H3,(H,29,30)(H,31,32)/b17-15+/t23-/m0/s1. The van der Waals surface area contributed by atoms with Crippen LogP contribution in [-0.2, 0) is 22.1 Å². The molecule has 9 heteroatoms. The van der Waals surface area contributed by atoms with Crippen LogP contribution in [0.15, 0.2) is 84.8 Å². The van der Waals surface area contributed by atoms with E-state index in [1.807, 2.05) is 43.3 Å². The Hall–Kier alpha value is -3.45. The molecule has 1 heterocycles. The van der Waals surface area contributed by atoms with Gasteiger partial charge in [0.2, 0.25) is 0 Å². The van der Waals surface area contributed by atoms with Crippen LogP contribution in [0.4, 0.5) is 0 Å². The van der Waals surface area contributed by atoms with Gasteiger partial charge >= 0.3 is 7.60 Å². The lowest BCUT2D eigenvalue weighted by Crippen LogP contribution is -2.35. The summed E-state index contributed by atoms with van der Waals surface area (Å²) in [7, 11) is -3.89. The lowest BCUT2D eigenvalue weighted by molar-refractivity contribution is 0.0944. The Bertz CT molecular complexity index is 1180. The van der Waals surface area contributed by atoms with Gasteiger partial charge < -0.3 is 24.2 Å². The van der Waals surface area contributed by atoms with Crippen LogP contribution >= 0.6 is 7.60 Å². The second-order valence-electron chi connectivity index (χ2n) is 7.82. The van der Waals surface area contributed by atoms with E-state index >= 15 is 0 Å². The van der Waals surface area contributed by atoms with Crippen molar-refractivity contribution >= 4 is 13.5 Å². The van der Waals surface area contributed by atoms with Gasteiger partial charge in [-0.3, -0.25) is 14.3 Å². The number of hydrogen-bond donors (Lipinski definition) is 2. The fraction of sp³-hybridized carbons (Fsp3) is 0.259. The molecule has 3 rings (SSSR count). The second-order valence-corrected chi connectivity index (χ2v) is 9.51. The van der Waals surface area contributed by atoms with Gasteiger partial charge in [-0.15, -0.1) is 0 Å². The molecule has 2 atom stereocenters. The minimum atomic E-state index is -3.89. The molecule has 0 aliphatic rings. The lowest BCUT2D eigenvalue weighted by atomic mass is 10.1. The summed E-state index contributed by atoms with van der Waals surface area (Å²) in [5.41, 5.74) is 2.16. The quantitative estimate of drug-likeness (QED) is 0.307. The molecule has 190 valence electrons. The van der Waals surface area contributed by atoms with Gasteiger partial charge in [0.25, 0.3) is 5.91 Å². The largest absolute Gasteiger partial charge is 0.494 e. The van der Waals surface area contributed by atoms with E-state index < -0.39 is 13.6 Å². The number of ether oxygens (including phenoxy) is 2. The molecular formula is C27H31N2O6P. The van der Waals surface area contributed by atoms with E-state index in [9.17, 15) is 14.3 Å². The SMILES string of the molecule is CCOc1ccnc(COc2ccc(C[C@H](/C=C/P(=O)(O)OCC)NC(=O)c3ccccc3)cc2)c1. The number of hydrogen-bond acceptors (Lipinski definition) is 6. The number of amides is 1. The maximum Gasteiger partial charge on any atom is 0.351 e. The first kappa shape index (κ1) is 27.1. The lowest BCUT2D eigenvalue weighted by Gasteiger charge is -2.17. The average Bonchev–Trinajstić information content (AvgIpc) is 2.88. The number of rotatable bonds is 13. The van der Waals surface area contributed by atoms with Gasteiger partial charge in [0, 0.05) is 23.6 Å². The third-order valence-corrected chi connectivity index (χ3v) is 6.22. The Morgan fingerprint density at radius 1 is 1.03 bits per heavy atom. The number of pyridine rings is 1. The van der Waals surface area contributed by atoms with E-state index in [4.69, 9.17) is 14.0 Å². The Morgan fingerprint density at radius 2 is 1.78 bits per heavy atom. The zero-order valence-corrected chi connectivity index (χ0v) is 21.3. The van der Waals surface area contributed by atoms with Crippen LogP contribution in [-0.4, -0.2) is 35.0 Å². The van der Waals surface area contributed by atoms with E-state index in [-0.39, 0.29) is 12.5 Å². The van der Waals surface area contributed by atoms with Crippen LogP contribution in [0.5, 0.6) is 11.5 Å². The van der Waals surface area contributed by atoms with Crippen LogP contribution < -0.4 is 14.8 Å². The minimum absolute atomic E-state index is 0.103. The van der Waals surface area contributed by atoms with E-state index in [1.165, 1.54) is 6.08 Å². The van der Waals surface area contributed by atoms with Gasteiger partial charge in [0.15, 0.2) is 0 Å². The monoisotopic (exact) mass is 510 g/mol. The highest BCUT2D eigenvalue weighted by Gasteiger charge is 2.17. The van der Waals surface area contributed by atoms with Crippen molar-refractivity contribution in [3.05, 3.63) is 102 Å². The summed E-state index contributed by atoms with van der Waals surface area (Å²) in [4.78, 5) is 26.9. The zero-order valence-electron chi connectivity index (χ0n) is 20.4. The molecular weight excluding hydrogens is 479 g/mol. The molecule has 0 radical (unpaired) electrons. The molecule has 36 heavy (non-hydrogen) atoms. The van der Waals surface area contributed by atoms with Gasteiger partial charge in [0.05, 0.1) is 24.9 Å². The summed E-state index contributed by atoms with van der Waals surface area (Å²) in [6.45, 7) is 4.54. The van der Waals surface area contributed by atoms with Crippen molar-refractivity contribution in [2.24, 2.45) is 0 Å². The predicted molar refractivity (Wildman–Crippen MR) is 138 cm³/mol. The molecule has 0 bridgehead atoms. The average molecular weight is 511 g/mol. The highest BCUT2D eigenvalue weighted by Crippen LogP contribution is 2.43. The summed E-state index contributed by atoms with van der Waals surface area (Å²) >= 11 is 0. The maximum atomic E-state index is 12.7. The molecule has 8 nitrogen and oxygen atoms in total. The fourth-order valence-corrected chi connectivity index (χ4v) is 4.25. The van der Waals surface area contributed by atoms with Crippen LogP contribution in [0.2, 0.25) is 0 Å². The summed E-state index contributed by atoms with van der Waals surface area (Å²) in [6.07, 6.45) is 3.58. The first-order valence-corrected chi connectivity index (χ1v) is 13.3. The van der Waals surface area contributed by atoms with Crippen molar-refractivity contribution in [3.63, 3.8) is 0 Å². The van der Waals surface area contributed by atoms with Crippen LogP contribution in [0.3, 0.4) is 0 Å². The third kappa shape index (κ3) is 8.96. The molecule has 0 aliphatic heterocycles. The van der Waals surface area contributed by atoms with Crippen LogP contribution in [0, 0.1) is 0 Å². The maximum absolute atomic E-state index is 12.7. The van der Waals surface area contributed by atoms with Gasteiger partial charge in [-0.2, -0.15) is 0 Å². The van der Waals surface area contributed by atoms with Crippen LogP contribution in [0.1, 0.15) is 35.5 Å². The predicted octanol–water partition coefficient (Wildman–Crippen LogP) is 5.14. The topological polar surface area (TPSA) is 107 Å². The minimum Gasteiger partial charge on any atom is -0.494 e. The summed E-state index contributed by atoms with van der Waals surface area (Å²) in [5, 5.41) is 2.91.